The molecule has 1 aromatic heterocycles. The molecule has 0 radical (unpaired) electrons. The van der Waals surface area contributed by atoms with Gasteiger partial charge in [-0.05, 0) is 37.6 Å². The number of benzene rings is 1. The van der Waals surface area contributed by atoms with E-state index in [4.69, 9.17) is 5.14 Å². The molecule has 6 nitrogen and oxygen atoms in total. The van der Waals surface area contributed by atoms with E-state index in [1.54, 1.807) is 10.9 Å². The normalized spacial score (nSPS) is 12.2. The van der Waals surface area contributed by atoms with Gasteiger partial charge < -0.3 is 0 Å². The lowest BCUT2D eigenvalue weighted by Gasteiger charge is -2.02. The number of nitrogens with zero attached hydrogens (tertiary/aromatic N) is 2. The molecule has 0 aliphatic rings. The van der Waals surface area contributed by atoms with Crippen molar-refractivity contribution in [1.82, 2.24) is 9.78 Å². The number of aromatic nitrogens is 2. The number of carbonyl (C=O) groups excluding carboxylic acids is 1. The first kappa shape index (κ1) is 17.0. The minimum Gasteiger partial charge on any atom is -0.289 e. The SMILES string of the molecule is CC(C)n1cc(C(=O)C=Cc2ccc(F)c(S(N)(=O)=O)c2)cn1. The molecule has 1 aromatic carbocycles. The summed E-state index contributed by atoms with van der Waals surface area (Å²) in [4.78, 5) is 11.4. The number of halogens is 1. The highest BCUT2D eigenvalue weighted by molar-refractivity contribution is 7.89. The van der Waals surface area contributed by atoms with Crippen LogP contribution in [0.5, 0.6) is 0 Å². The number of sulfonamides is 1. The average Bonchev–Trinajstić information content (AvgIpc) is 2.95. The van der Waals surface area contributed by atoms with Gasteiger partial charge >= 0.3 is 0 Å². The van der Waals surface area contributed by atoms with Crippen LogP contribution in [-0.4, -0.2) is 24.0 Å². The summed E-state index contributed by atoms with van der Waals surface area (Å²) < 4.78 is 37.6. The highest BCUT2D eigenvalue weighted by atomic mass is 32.2. The Morgan fingerprint density at radius 2 is 2.09 bits per heavy atom. The number of carbonyl (C=O) groups is 1. The zero-order valence-electron chi connectivity index (χ0n) is 12.6. The second-order valence-electron chi connectivity index (χ2n) is 5.24. The maximum Gasteiger partial charge on any atom is 0.240 e. The molecule has 8 heteroatoms. The summed E-state index contributed by atoms with van der Waals surface area (Å²) in [6, 6.07) is 3.55. The van der Waals surface area contributed by atoms with E-state index >= 15 is 0 Å². The van der Waals surface area contributed by atoms with Crippen LogP contribution in [0.1, 0.15) is 35.8 Å². The van der Waals surface area contributed by atoms with Gasteiger partial charge in [-0.15, -0.1) is 0 Å². The standard InChI is InChI=1S/C15H16FN3O3S/c1-10(2)19-9-12(8-18-19)14(20)6-4-11-3-5-13(16)15(7-11)23(17,21)22/h3-10H,1-2H3,(H2,17,21,22). The highest BCUT2D eigenvalue weighted by Gasteiger charge is 2.14. The fourth-order valence-corrected chi connectivity index (χ4v) is 2.50. The Balaban J connectivity index is 2.24. The van der Waals surface area contributed by atoms with Crippen LogP contribution in [0.4, 0.5) is 4.39 Å². The van der Waals surface area contributed by atoms with E-state index in [9.17, 15) is 17.6 Å². The van der Waals surface area contributed by atoms with Gasteiger partial charge in [-0.2, -0.15) is 5.10 Å². The number of allylic oxidation sites excluding steroid dienone is 1. The Morgan fingerprint density at radius 1 is 1.39 bits per heavy atom. The van der Waals surface area contributed by atoms with Crippen molar-refractivity contribution in [1.29, 1.82) is 0 Å². The van der Waals surface area contributed by atoms with Gasteiger partial charge in [-0.1, -0.05) is 12.1 Å². The molecule has 2 N–H and O–H groups in total. The molecule has 1 heterocycles. The first-order valence-corrected chi connectivity index (χ1v) is 8.32. The molecule has 0 saturated carbocycles. The van der Waals surface area contributed by atoms with E-state index in [-0.39, 0.29) is 11.8 Å². The molecule has 0 saturated heterocycles. The maximum absolute atomic E-state index is 13.4. The molecule has 2 rings (SSSR count). The van der Waals surface area contributed by atoms with Gasteiger partial charge in [0.15, 0.2) is 5.78 Å². The van der Waals surface area contributed by atoms with Crippen LogP contribution in [0.3, 0.4) is 0 Å². The molecule has 2 aromatic rings. The first-order chi connectivity index (χ1) is 10.7. The number of hydrogen-bond acceptors (Lipinski definition) is 4. The summed E-state index contributed by atoms with van der Waals surface area (Å²) in [6.07, 6.45) is 5.73. The molecule has 122 valence electrons. The van der Waals surface area contributed by atoms with Gasteiger partial charge in [0.2, 0.25) is 10.0 Å². The van der Waals surface area contributed by atoms with E-state index in [1.165, 1.54) is 24.4 Å². The van der Waals surface area contributed by atoms with Crippen molar-refractivity contribution in [3.63, 3.8) is 0 Å². The molecular formula is C15H16FN3O3S. The molecule has 0 aliphatic carbocycles. The third-order valence-electron chi connectivity index (χ3n) is 3.10. The summed E-state index contributed by atoms with van der Waals surface area (Å²) in [7, 11) is -4.16. The van der Waals surface area contributed by atoms with Crippen molar-refractivity contribution in [3.8, 4) is 0 Å². The zero-order chi connectivity index (χ0) is 17.2. The maximum atomic E-state index is 13.4. The predicted molar refractivity (Wildman–Crippen MR) is 83.7 cm³/mol. The number of nitrogens with two attached hydrogens (primary N) is 1. The van der Waals surface area contributed by atoms with Gasteiger partial charge in [-0.25, -0.2) is 17.9 Å². The average molecular weight is 337 g/mol. The molecule has 0 unspecified atom stereocenters. The lowest BCUT2D eigenvalue weighted by molar-refractivity contribution is 0.104. The number of rotatable bonds is 5. The monoisotopic (exact) mass is 337 g/mol. The molecule has 0 spiro atoms. The minimum absolute atomic E-state index is 0.134. The Hall–Kier alpha value is -2.32. The lowest BCUT2D eigenvalue weighted by atomic mass is 10.1. The summed E-state index contributed by atoms with van der Waals surface area (Å²) in [5, 5.41) is 9.00. The Morgan fingerprint density at radius 3 is 2.65 bits per heavy atom. The van der Waals surface area contributed by atoms with Crippen molar-refractivity contribution in [2.75, 3.05) is 0 Å². The molecule has 0 bridgehead atoms. The van der Waals surface area contributed by atoms with E-state index in [0.717, 1.165) is 12.1 Å². The fraction of sp³-hybridized carbons (Fsp3) is 0.200. The fourth-order valence-electron chi connectivity index (χ4n) is 1.86. The van der Waals surface area contributed by atoms with Crippen LogP contribution in [0.15, 0.2) is 41.6 Å². The molecule has 0 atom stereocenters. The minimum atomic E-state index is -4.16. The van der Waals surface area contributed by atoms with Gasteiger partial charge in [0.1, 0.15) is 10.7 Å². The van der Waals surface area contributed by atoms with E-state index in [0.29, 0.717) is 11.1 Å². The Labute approximate surface area is 133 Å². The van der Waals surface area contributed by atoms with Crippen LogP contribution in [0.2, 0.25) is 0 Å². The molecule has 0 amide bonds. The largest absolute Gasteiger partial charge is 0.289 e. The highest BCUT2D eigenvalue weighted by Crippen LogP contribution is 2.16. The second kappa shape index (κ2) is 6.43. The quantitative estimate of drug-likeness (QED) is 0.668. The van der Waals surface area contributed by atoms with Crippen LogP contribution < -0.4 is 5.14 Å². The first-order valence-electron chi connectivity index (χ1n) is 6.77. The van der Waals surface area contributed by atoms with Gasteiger partial charge in [0.05, 0.1) is 11.8 Å². The van der Waals surface area contributed by atoms with Gasteiger partial charge in [0, 0.05) is 12.2 Å². The van der Waals surface area contributed by atoms with Crippen molar-refractivity contribution in [3.05, 3.63) is 53.6 Å². The van der Waals surface area contributed by atoms with E-state index in [1.807, 2.05) is 13.8 Å². The summed E-state index contributed by atoms with van der Waals surface area (Å²) in [6.45, 7) is 3.87. The summed E-state index contributed by atoms with van der Waals surface area (Å²) >= 11 is 0. The van der Waals surface area contributed by atoms with Crippen LogP contribution in [-0.2, 0) is 10.0 Å². The van der Waals surface area contributed by atoms with Crippen molar-refractivity contribution < 1.29 is 17.6 Å². The van der Waals surface area contributed by atoms with Crippen LogP contribution in [0, 0.1) is 5.82 Å². The van der Waals surface area contributed by atoms with Crippen molar-refractivity contribution in [2.45, 2.75) is 24.8 Å². The Bertz CT molecular complexity index is 870. The topological polar surface area (TPSA) is 95.0 Å². The third kappa shape index (κ3) is 4.11. The molecule has 23 heavy (non-hydrogen) atoms. The van der Waals surface area contributed by atoms with E-state index < -0.39 is 20.7 Å². The number of primary sulfonamides is 1. The third-order valence-corrected chi connectivity index (χ3v) is 4.03. The van der Waals surface area contributed by atoms with Gasteiger partial charge in [0.25, 0.3) is 0 Å². The predicted octanol–water partition coefficient (Wildman–Crippen LogP) is 2.15. The van der Waals surface area contributed by atoms with Crippen molar-refractivity contribution >= 4 is 21.9 Å². The molecule has 0 aliphatic heterocycles. The lowest BCUT2D eigenvalue weighted by Crippen LogP contribution is -2.14. The second-order valence-corrected chi connectivity index (χ2v) is 6.77. The van der Waals surface area contributed by atoms with E-state index in [2.05, 4.69) is 5.10 Å². The smallest absolute Gasteiger partial charge is 0.240 e. The molecular weight excluding hydrogens is 321 g/mol. The van der Waals surface area contributed by atoms with Crippen LogP contribution in [0.25, 0.3) is 6.08 Å². The zero-order valence-corrected chi connectivity index (χ0v) is 13.4. The number of hydrogen-bond donors (Lipinski definition) is 1. The van der Waals surface area contributed by atoms with Crippen molar-refractivity contribution in [2.24, 2.45) is 5.14 Å². The Kier molecular flexibility index (Phi) is 4.76. The van der Waals surface area contributed by atoms with Gasteiger partial charge in [-0.3, -0.25) is 9.48 Å². The molecule has 0 fully saturated rings. The summed E-state index contributed by atoms with van der Waals surface area (Å²) in [5.74, 6) is -1.23. The number of ketones is 1. The van der Waals surface area contributed by atoms with Crippen LogP contribution >= 0.6 is 0 Å². The summed E-state index contributed by atoms with van der Waals surface area (Å²) in [5.41, 5.74) is 0.753.